The predicted octanol–water partition coefficient (Wildman–Crippen LogP) is 4.08. The molecule has 0 aliphatic carbocycles. The molecular formula is C17H20FNO. The van der Waals surface area contributed by atoms with E-state index in [1.807, 2.05) is 16.7 Å². The maximum absolute atomic E-state index is 12.9. The van der Waals surface area contributed by atoms with Crippen molar-refractivity contribution in [3.8, 4) is 0 Å². The monoisotopic (exact) mass is 273 g/mol. The number of rotatable bonds is 6. The first-order valence-corrected chi connectivity index (χ1v) is 6.98. The minimum atomic E-state index is -0.239. The minimum Gasteiger partial charge on any atom is -0.338 e. The van der Waals surface area contributed by atoms with E-state index in [4.69, 9.17) is 0 Å². The van der Waals surface area contributed by atoms with Crippen LogP contribution in [0, 0.1) is 11.7 Å². The maximum atomic E-state index is 12.9. The molecule has 1 aromatic heterocycles. The summed E-state index contributed by atoms with van der Waals surface area (Å²) < 4.78 is 15.0. The standard InChI is InChI=1S/C17H20FNO/c1-13(2)3-8-16-9-10-17(12-20)19(16)11-14-4-6-15(18)7-5-14/h4-7,9-10,12-13H,3,8,11H2,1-2H3. The normalized spacial score (nSPS) is 11.0. The van der Waals surface area contributed by atoms with Crippen molar-refractivity contribution in [2.24, 2.45) is 5.92 Å². The topological polar surface area (TPSA) is 22.0 Å². The molecule has 0 bridgehead atoms. The Labute approximate surface area is 119 Å². The highest BCUT2D eigenvalue weighted by Gasteiger charge is 2.09. The third kappa shape index (κ3) is 3.56. The highest BCUT2D eigenvalue weighted by Crippen LogP contribution is 2.16. The van der Waals surface area contributed by atoms with Gasteiger partial charge in [0, 0.05) is 12.2 Å². The molecule has 0 atom stereocenters. The van der Waals surface area contributed by atoms with Crippen molar-refractivity contribution >= 4 is 6.29 Å². The quantitative estimate of drug-likeness (QED) is 0.727. The first-order valence-electron chi connectivity index (χ1n) is 6.98. The van der Waals surface area contributed by atoms with E-state index in [-0.39, 0.29) is 5.82 Å². The van der Waals surface area contributed by atoms with Crippen LogP contribution >= 0.6 is 0 Å². The van der Waals surface area contributed by atoms with Crippen molar-refractivity contribution in [2.75, 3.05) is 0 Å². The van der Waals surface area contributed by atoms with Gasteiger partial charge in [0.1, 0.15) is 5.82 Å². The number of carbonyl (C=O) groups is 1. The van der Waals surface area contributed by atoms with Crippen molar-refractivity contribution in [1.29, 1.82) is 0 Å². The highest BCUT2D eigenvalue weighted by atomic mass is 19.1. The van der Waals surface area contributed by atoms with E-state index in [1.165, 1.54) is 12.1 Å². The highest BCUT2D eigenvalue weighted by molar-refractivity contribution is 5.72. The molecule has 20 heavy (non-hydrogen) atoms. The summed E-state index contributed by atoms with van der Waals surface area (Å²) in [5, 5.41) is 0. The number of hydrogen-bond donors (Lipinski definition) is 0. The maximum Gasteiger partial charge on any atom is 0.166 e. The Morgan fingerprint density at radius 2 is 1.85 bits per heavy atom. The van der Waals surface area contributed by atoms with Gasteiger partial charge in [-0.1, -0.05) is 26.0 Å². The average molecular weight is 273 g/mol. The van der Waals surface area contributed by atoms with Gasteiger partial charge in [0.05, 0.1) is 5.69 Å². The summed E-state index contributed by atoms with van der Waals surface area (Å²) in [4.78, 5) is 11.1. The SMILES string of the molecule is CC(C)CCc1ccc(C=O)n1Cc1ccc(F)cc1. The summed E-state index contributed by atoms with van der Waals surface area (Å²) in [5.41, 5.74) is 2.83. The number of aromatic nitrogens is 1. The van der Waals surface area contributed by atoms with Crippen molar-refractivity contribution in [2.45, 2.75) is 33.2 Å². The molecule has 0 saturated carbocycles. The van der Waals surface area contributed by atoms with Crippen LogP contribution < -0.4 is 0 Å². The number of halogens is 1. The van der Waals surface area contributed by atoms with Crippen LogP contribution in [0.4, 0.5) is 4.39 Å². The van der Waals surface area contributed by atoms with Gasteiger partial charge in [-0.2, -0.15) is 0 Å². The Hall–Kier alpha value is -1.90. The number of carbonyl (C=O) groups excluding carboxylic acids is 1. The molecule has 0 aliphatic rings. The Kier molecular flexibility index (Phi) is 4.72. The molecule has 106 valence electrons. The summed E-state index contributed by atoms with van der Waals surface area (Å²) >= 11 is 0. The fourth-order valence-corrected chi connectivity index (χ4v) is 2.25. The zero-order valence-corrected chi connectivity index (χ0v) is 12.0. The van der Waals surface area contributed by atoms with Crippen molar-refractivity contribution in [3.63, 3.8) is 0 Å². The lowest BCUT2D eigenvalue weighted by Crippen LogP contribution is -2.08. The van der Waals surface area contributed by atoms with E-state index in [2.05, 4.69) is 13.8 Å². The van der Waals surface area contributed by atoms with Gasteiger partial charge in [-0.15, -0.1) is 0 Å². The number of hydrogen-bond acceptors (Lipinski definition) is 1. The van der Waals surface area contributed by atoms with Gasteiger partial charge < -0.3 is 4.57 Å². The first-order chi connectivity index (χ1) is 9.60. The Bertz CT molecular complexity index is 569. The molecule has 3 heteroatoms. The van der Waals surface area contributed by atoms with Crippen LogP contribution in [0.1, 0.15) is 42.0 Å². The van der Waals surface area contributed by atoms with Gasteiger partial charge in [-0.25, -0.2) is 4.39 Å². The van der Waals surface area contributed by atoms with Gasteiger partial charge in [0.25, 0.3) is 0 Å². The zero-order valence-electron chi connectivity index (χ0n) is 12.0. The van der Waals surface area contributed by atoms with Crippen LogP contribution in [-0.2, 0) is 13.0 Å². The summed E-state index contributed by atoms with van der Waals surface area (Å²) in [6.45, 7) is 4.98. The molecule has 1 aromatic carbocycles. The number of benzene rings is 1. The molecule has 0 radical (unpaired) electrons. The summed E-state index contributed by atoms with van der Waals surface area (Å²) in [6, 6.07) is 10.3. The summed E-state index contributed by atoms with van der Waals surface area (Å²) in [7, 11) is 0. The van der Waals surface area contributed by atoms with Crippen LogP contribution in [0.3, 0.4) is 0 Å². The van der Waals surface area contributed by atoms with E-state index in [0.29, 0.717) is 18.2 Å². The van der Waals surface area contributed by atoms with E-state index in [9.17, 15) is 9.18 Å². The minimum absolute atomic E-state index is 0.239. The van der Waals surface area contributed by atoms with Crippen LogP contribution in [0.5, 0.6) is 0 Å². The van der Waals surface area contributed by atoms with E-state index in [0.717, 1.165) is 30.4 Å². The molecule has 2 rings (SSSR count). The second-order valence-electron chi connectivity index (χ2n) is 5.51. The zero-order chi connectivity index (χ0) is 14.5. The second kappa shape index (κ2) is 6.51. The molecule has 0 saturated heterocycles. The Morgan fingerprint density at radius 1 is 1.15 bits per heavy atom. The third-order valence-corrected chi connectivity index (χ3v) is 3.46. The fraction of sp³-hybridized carbons (Fsp3) is 0.353. The van der Waals surface area contributed by atoms with Gasteiger partial charge in [-0.05, 0) is 48.6 Å². The largest absolute Gasteiger partial charge is 0.338 e. The molecule has 0 amide bonds. The molecular weight excluding hydrogens is 253 g/mol. The number of aldehydes is 1. The molecule has 1 heterocycles. The lowest BCUT2D eigenvalue weighted by molar-refractivity contribution is 0.111. The van der Waals surface area contributed by atoms with Gasteiger partial charge in [0.15, 0.2) is 6.29 Å². The van der Waals surface area contributed by atoms with E-state index < -0.39 is 0 Å². The van der Waals surface area contributed by atoms with E-state index >= 15 is 0 Å². The average Bonchev–Trinajstić information content (AvgIpc) is 2.81. The molecule has 0 N–H and O–H groups in total. The molecule has 0 aliphatic heterocycles. The number of nitrogens with zero attached hydrogens (tertiary/aromatic N) is 1. The van der Waals surface area contributed by atoms with Gasteiger partial charge in [0.2, 0.25) is 0 Å². The molecule has 0 fully saturated rings. The van der Waals surface area contributed by atoms with Crippen molar-refractivity contribution < 1.29 is 9.18 Å². The number of aryl methyl sites for hydroxylation is 1. The van der Waals surface area contributed by atoms with E-state index in [1.54, 1.807) is 12.1 Å². The predicted molar refractivity (Wildman–Crippen MR) is 78.5 cm³/mol. The molecule has 0 spiro atoms. The smallest absolute Gasteiger partial charge is 0.166 e. The van der Waals surface area contributed by atoms with Crippen molar-refractivity contribution in [3.05, 3.63) is 59.2 Å². The lowest BCUT2D eigenvalue weighted by Gasteiger charge is -2.12. The summed E-state index contributed by atoms with van der Waals surface area (Å²) in [6.07, 6.45) is 2.92. The van der Waals surface area contributed by atoms with Crippen LogP contribution in [0.2, 0.25) is 0 Å². The lowest BCUT2D eigenvalue weighted by atomic mass is 10.1. The fourth-order valence-electron chi connectivity index (χ4n) is 2.25. The molecule has 2 aromatic rings. The molecule has 2 nitrogen and oxygen atoms in total. The van der Waals surface area contributed by atoms with Crippen molar-refractivity contribution in [1.82, 2.24) is 4.57 Å². The third-order valence-electron chi connectivity index (χ3n) is 3.46. The Balaban J connectivity index is 2.21. The Morgan fingerprint density at radius 3 is 2.45 bits per heavy atom. The summed E-state index contributed by atoms with van der Waals surface area (Å²) in [5.74, 6) is 0.390. The van der Waals surface area contributed by atoms with Crippen LogP contribution in [0.25, 0.3) is 0 Å². The van der Waals surface area contributed by atoms with Crippen LogP contribution in [-0.4, -0.2) is 10.9 Å². The second-order valence-corrected chi connectivity index (χ2v) is 5.51. The molecule has 0 unspecified atom stereocenters. The van der Waals surface area contributed by atoms with Gasteiger partial charge in [-0.3, -0.25) is 4.79 Å². The van der Waals surface area contributed by atoms with Gasteiger partial charge >= 0.3 is 0 Å². The first kappa shape index (κ1) is 14.5. The van der Waals surface area contributed by atoms with Crippen LogP contribution in [0.15, 0.2) is 36.4 Å².